The molecule has 0 heterocycles. The van der Waals surface area contributed by atoms with Gasteiger partial charge >= 0.3 is 6.16 Å². The maximum atomic E-state index is 10.2. The van der Waals surface area contributed by atoms with Crippen LogP contribution in [0.5, 0.6) is 0 Å². The molecule has 0 saturated carbocycles. The van der Waals surface area contributed by atoms with Crippen LogP contribution in [0, 0.1) is 0 Å². The monoisotopic (exact) mass is 232 g/mol. The molecule has 0 radical (unpaired) electrons. The van der Waals surface area contributed by atoms with Gasteiger partial charge in [0.1, 0.15) is 0 Å². The highest BCUT2D eigenvalue weighted by molar-refractivity contribution is 6.85. The molecule has 0 unspecified atom stereocenters. The Balaban J connectivity index is 3.83. The minimum Gasteiger partial charge on any atom is -0.450 e. The van der Waals surface area contributed by atoms with Gasteiger partial charge in [0, 0.05) is 9.52 Å². The zero-order valence-electron chi connectivity index (χ0n) is 9.46. The van der Waals surface area contributed by atoms with Crippen LogP contribution in [0.4, 0.5) is 4.79 Å². The Morgan fingerprint density at radius 1 is 1.50 bits per heavy atom. The Hall–Kier alpha value is -0.556. The van der Waals surface area contributed by atoms with Gasteiger partial charge < -0.3 is 9.84 Å². The van der Waals surface area contributed by atoms with Gasteiger partial charge in [-0.3, -0.25) is 0 Å². The van der Waals surface area contributed by atoms with Crippen LogP contribution in [0.15, 0.2) is 11.3 Å². The first-order valence-electron chi connectivity index (χ1n) is 4.82. The van der Waals surface area contributed by atoms with Gasteiger partial charge in [-0.15, -0.1) is 5.70 Å². The summed E-state index contributed by atoms with van der Waals surface area (Å²) < 4.78 is 4.64. The molecular weight excluding hydrogens is 212 g/mol. The molecular formula is C9H20O3Si2. The third-order valence-corrected chi connectivity index (χ3v) is 10.6. The van der Waals surface area contributed by atoms with Crippen molar-refractivity contribution in [3.8, 4) is 0 Å². The first-order valence-corrected chi connectivity index (χ1v) is 10.1. The minimum absolute atomic E-state index is 0.158. The normalized spacial score (nSPS) is 11.7. The largest absolute Gasteiger partial charge is 0.505 e. The number of allylic oxidation sites excluding steroid dienone is 1. The predicted octanol–water partition coefficient (Wildman–Crippen LogP) is 1.98. The van der Waals surface area contributed by atoms with Gasteiger partial charge in [0.15, 0.2) is 0 Å². The van der Waals surface area contributed by atoms with Crippen molar-refractivity contribution in [1.29, 1.82) is 0 Å². The third-order valence-electron chi connectivity index (χ3n) is 1.96. The number of carboxylic acid groups (broad SMARTS) is 1. The van der Waals surface area contributed by atoms with Crippen LogP contribution in [0.2, 0.25) is 18.8 Å². The Labute approximate surface area is 89.0 Å². The minimum atomic E-state index is -1.42. The van der Waals surface area contributed by atoms with Gasteiger partial charge in [0.05, 0.1) is 14.3 Å². The Kier molecular flexibility index (Phi) is 5.79. The smallest absolute Gasteiger partial charge is 0.450 e. The number of hydrogen-bond donors (Lipinski definition) is 1. The van der Waals surface area contributed by atoms with E-state index in [1.807, 2.05) is 0 Å². The van der Waals surface area contributed by atoms with Crippen LogP contribution < -0.4 is 0 Å². The first kappa shape index (κ1) is 13.4. The van der Waals surface area contributed by atoms with Gasteiger partial charge in [-0.2, -0.15) is 0 Å². The molecule has 14 heavy (non-hydrogen) atoms. The quantitative estimate of drug-likeness (QED) is 0.582. The summed E-state index contributed by atoms with van der Waals surface area (Å²) in [5.41, 5.74) is 4.92. The summed E-state index contributed by atoms with van der Waals surface area (Å²) in [6.45, 7) is 8.58. The van der Waals surface area contributed by atoms with Crippen molar-refractivity contribution in [1.82, 2.24) is 0 Å². The second-order valence-electron chi connectivity index (χ2n) is 4.54. The van der Waals surface area contributed by atoms with Crippen molar-refractivity contribution < 1.29 is 14.6 Å². The molecule has 3 nitrogen and oxygen atoms in total. The average Bonchev–Trinajstić information content (AvgIpc) is 2.00. The zero-order valence-corrected chi connectivity index (χ0v) is 11.9. The Morgan fingerprint density at radius 2 is 2.07 bits per heavy atom. The maximum Gasteiger partial charge on any atom is 0.505 e. The lowest BCUT2D eigenvalue weighted by Crippen LogP contribution is -2.35. The van der Waals surface area contributed by atoms with E-state index in [0.29, 0.717) is 6.23 Å². The van der Waals surface area contributed by atoms with E-state index in [0.717, 1.165) is 0 Å². The fourth-order valence-corrected chi connectivity index (χ4v) is 6.45. The molecule has 82 valence electrons. The van der Waals surface area contributed by atoms with Gasteiger partial charge in [-0.1, -0.05) is 24.3 Å². The fraction of sp³-hybridized carbons (Fsp3) is 0.667. The van der Waals surface area contributed by atoms with E-state index >= 15 is 0 Å². The highest BCUT2D eigenvalue weighted by Gasteiger charge is 2.22. The fourth-order valence-electron chi connectivity index (χ4n) is 1.08. The lowest BCUT2D eigenvalue weighted by atomic mass is 10.4. The average molecular weight is 232 g/mol. The molecule has 0 aliphatic rings. The molecule has 0 atom stereocenters. The van der Waals surface area contributed by atoms with E-state index in [4.69, 9.17) is 5.11 Å². The first-order chi connectivity index (χ1) is 6.33. The maximum absolute atomic E-state index is 10.2. The summed E-state index contributed by atoms with van der Waals surface area (Å²) in [4.78, 5) is 10.2. The molecule has 0 aromatic rings. The number of carbonyl (C=O) groups is 1. The Bertz CT molecular complexity index is 220. The standard InChI is InChI=1S/C9H20O3Si2/c1-8(2)5-13-7-14(3,4)6-12-9(10)11/h5H,6-7,13H2,1-4H3,(H,10,11). The molecule has 5 heteroatoms. The molecule has 0 spiro atoms. The molecule has 0 fully saturated rings. The molecule has 0 saturated heterocycles. The van der Waals surface area contributed by atoms with Gasteiger partial charge in [0.2, 0.25) is 0 Å². The Morgan fingerprint density at radius 3 is 2.50 bits per heavy atom. The van der Waals surface area contributed by atoms with Crippen LogP contribution in [0.1, 0.15) is 13.8 Å². The summed E-state index contributed by atoms with van der Waals surface area (Å²) in [6.07, 6.45) is -0.708. The van der Waals surface area contributed by atoms with Crippen LogP contribution in [-0.4, -0.2) is 35.1 Å². The number of hydrogen-bond acceptors (Lipinski definition) is 2. The van der Waals surface area contributed by atoms with Crippen molar-refractivity contribution >= 4 is 23.7 Å². The van der Waals surface area contributed by atoms with Crippen molar-refractivity contribution in [2.45, 2.75) is 32.6 Å². The third kappa shape index (κ3) is 8.06. The summed E-state index contributed by atoms with van der Waals surface area (Å²) in [5.74, 6) is 0. The summed E-state index contributed by atoms with van der Waals surface area (Å²) in [5, 5.41) is 8.39. The summed E-state index contributed by atoms with van der Waals surface area (Å²) >= 11 is 0. The van der Waals surface area contributed by atoms with Gasteiger partial charge in [-0.25, -0.2) is 4.79 Å². The van der Waals surface area contributed by atoms with Crippen molar-refractivity contribution in [2.24, 2.45) is 0 Å². The molecule has 0 aliphatic heterocycles. The predicted molar refractivity (Wildman–Crippen MR) is 64.2 cm³/mol. The van der Waals surface area contributed by atoms with Crippen molar-refractivity contribution in [2.75, 3.05) is 6.23 Å². The lowest BCUT2D eigenvalue weighted by Gasteiger charge is -2.19. The summed E-state index contributed by atoms with van der Waals surface area (Å²) in [7, 11) is -1.58. The topological polar surface area (TPSA) is 46.5 Å². The second-order valence-corrected chi connectivity index (χ2v) is 12.1. The van der Waals surface area contributed by atoms with Crippen LogP contribution in [-0.2, 0) is 4.74 Å². The van der Waals surface area contributed by atoms with E-state index in [9.17, 15) is 4.79 Å². The molecule has 0 aromatic carbocycles. The second kappa shape index (κ2) is 6.03. The number of ether oxygens (including phenoxy) is 1. The van der Waals surface area contributed by atoms with E-state index in [1.54, 1.807) is 0 Å². The lowest BCUT2D eigenvalue weighted by molar-refractivity contribution is 0.105. The molecule has 0 bridgehead atoms. The highest BCUT2D eigenvalue weighted by atomic mass is 28.4. The SMILES string of the molecule is CC(C)=C[SiH2]C[Si](C)(C)COC(=O)O. The highest BCUT2D eigenvalue weighted by Crippen LogP contribution is 2.09. The molecule has 0 amide bonds. The van der Waals surface area contributed by atoms with Crippen LogP contribution in [0.25, 0.3) is 0 Å². The van der Waals surface area contributed by atoms with E-state index in [1.165, 1.54) is 11.2 Å². The van der Waals surface area contributed by atoms with Crippen molar-refractivity contribution in [3.63, 3.8) is 0 Å². The molecule has 0 rings (SSSR count). The van der Waals surface area contributed by atoms with Crippen molar-refractivity contribution in [3.05, 3.63) is 11.3 Å². The van der Waals surface area contributed by atoms with Crippen LogP contribution in [0.3, 0.4) is 0 Å². The van der Waals surface area contributed by atoms with E-state index in [-0.39, 0.29) is 9.52 Å². The summed E-state index contributed by atoms with van der Waals surface area (Å²) in [6, 6.07) is 0. The molecule has 1 N–H and O–H groups in total. The van der Waals surface area contributed by atoms with E-state index in [2.05, 4.69) is 37.4 Å². The van der Waals surface area contributed by atoms with Gasteiger partial charge in [-0.05, 0) is 13.8 Å². The zero-order chi connectivity index (χ0) is 11.2. The molecule has 0 aliphatic carbocycles. The molecule has 0 aromatic heterocycles. The van der Waals surface area contributed by atoms with Crippen LogP contribution >= 0.6 is 0 Å². The van der Waals surface area contributed by atoms with Gasteiger partial charge in [0.25, 0.3) is 0 Å². The van der Waals surface area contributed by atoms with E-state index < -0.39 is 14.2 Å². The number of rotatable bonds is 5.